The van der Waals surface area contributed by atoms with Crippen molar-refractivity contribution in [2.75, 3.05) is 7.11 Å². The maximum atomic E-state index is 9.32. The Balaban J connectivity index is 2.65. The van der Waals surface area contributed by atoms with Crippen molar-refractivity contribution in [3.63, 3.8) is 0 Å². The van der Waals surface area contributed by atoms with Crippen LogP contribution in [0, 0.1) is 6.92 Å². The number of hydrogen-bond donors (Lipinski definition) is 1. The number of aliphatic hydroxyl groups excluding tert-OH is 1. The molecule has 0 saturated heterocycles. The molecule has 0 fully saturated rings. The van der Waals surface area contributed by atoms with E-state index in [1.54, 1.807) is 7.11 Å². The second-order valence-corrected chi connectivity index (χ2v) is 4.84. The van der Waals surface area contributed by atoms with Gasteiger partial charge in [0.15, 0.2) is 0 Å². The molecule has 0 aliphatic heterocycles. The predicted molar refractivity (Wildman–Crippen MR) is 73.6 cm³/mol. The number of rotatable bonds is 3. The Labute approximate surface area is 114 Å². The molecule has 2 rings (SSSR count). The van der Waals surface area contributed by atoms with Gasteiger partial charge in [-0.05, 0) is 35.0 Å². The van der Waals surface area contributed by atoms with Gasteiger partial charge in [0, 0.05) is 7.05 Å². The lowest BCUT2D eigenvalue weighted by atomic mass is 10.1. The first-order chi connectivity index (χ1) is 8.58. The van der Waals surface area contributed by atoms with Crippen LogP contribution < -0.4 is 4.74 Å². The van der Waals surface area contributed by atoms with Crippen molar-refractivity contribution < 1.29 is 9.84 Å². The molecule has 5 heteroatoms. The molecule has 0 aliphatic rings. The first kappa shape index (κ1) is 13.1. The number of imidazole rings is 1. The fourth-order valence-corrected chi connectivity index (χ4v) is 2.47. The lowest BCUT2D eigenvalue weighted by Gasteiger charge is -2.10. The van der Waals surface area contributed by atoms with Crippen molar-refractivity contribution in [2.45, 2.75) is 13.5 Å². The molecule has 0 unspecified atom stereocenters. The van der Waals surface area contributed by atoms with E-state index in [0.29, 0.717) is 4.60 Å². The van der Waals surface area contributed by atoms with E-state index < -0.39 is 0 Å². The van der Waals surface area contributed by atoms with Crippen molar-refractivity contribution in [3.05, 3.63) is 34.1 Å². The molecule has 0 atom stereocenters. The summed E-state index contributed by atoms with van der Waals surface area (Å²) in [5.74, 6) is 1.54. The van der Waals surface area contributed by atoms with Gasteiger partial charge in [-0.3, -0.25) is 0 Å². The van der Waals surface area contributed by atoms with Gasteiger partial charge in [0.05, 0.1) is 25.0 Å². The summed E-state index contributed by atoms with van der Waals surface area (Å²) >= 11 is 3.36. The molecular formula is C13H15BrN2O2. The molecule has 96 valence electrons. The zero-order valence-electron chi connectivity index (χ0n) is 10.6. The van der Waals surface area contributed by atoms with Crippen molar-refractivity contribution >= 4 is 15.9 Å². The van der Waals surface area contributed by atoms with Crippen LogP contribution >= 0.6 is 15.9 Å². The maximum absolute atomic E-state index is 9.32. The summed E-state index contributed by atoms with van der Waals surface area (Å²) < 4.78 is 7.88. The lowest BCUT2D eigenvalue weighted by molar-refractivity contribution is 0.272. The van der Waals surface area contributed by atoms with Crippen LogP contribution in [-0.2, 0) is 13.7 Å². The standard InChI is InChI=1S/C13H15BrN2O2/c1-8-4-5-11(18-3)9(6-8)13-15-12(14)10(7-17)16(13)2/h4-6,17H,7H2,1-3H3. The van der Waals surface area contributed by atoms with Crippen molar-refractivity contribution in [2.24, 2.45) is 7.05 Å². The molecular weight excluding hydrogens is 296 g/mol. The summed E-state index contributed by atoms with van der Waals surface area (Å²) in [7, 11) is 3.51. The van der Waals surface area contributed by atoms with E-state index in [4.69, 9.17) is 4.74 Å². The van der Waals surface area contributed by atoms with E-state index in [-0.39, 0.29) is 6.61 Å². The Morgan fingerprint density at radius 3 is 2.72 bits per heavy atom. The van der Waals surface area contributed by atoms with Gasteiger partial charge in [0.2, 0.25) is 0 Å². The molecule has 1 N–H and O–H groups in total. The summed E-state index contributed by atoms with van der Waals surface area (Å²) in [6.07, 6.45) is 0. The number of halogens is 1. The molecule has 0 amide bonds. The first-order valence-corrected chi connectivity index (χ1v) is 6.34. The molecule has 4 nitrogen and oxygen atoms in total. The van der Waals surface area contributed by atoms with Crippen LogP contribution in [0.15, 0.2) is 22.8 Å². The molecule has 18 heavy (non-hydrogen) atoms. The van der Waals surface area contributed by atoms with Crippen molar-refractivity contribution in [3.8, 4) is 17.1 Å². The highest BCUT2D eigenvalue weighted by Gasteiger charge is 2.16. The summed E-state index contributed by atoms with van der Waals surface area (Å²) in [6.45, 7) is 1.96. The van der Waals surface area contributed by atoms with Gasteiger partial charge in [-0.2, -0.15) is 0 Å². The molecule has 2 aromatic rings. The first-order valence-electron chi connectivity index (χ1n) is 5.55. The molecule has 1 heterocycles. The Bertz CT molecular complexity index is 579. The quantitative estimate of drug-likeness (QED) is 0.948. The third-order valence-electron chi connectivity index (χ3n) is 2.91. The summed E-state index contributed by atoms with van der Waals surface area (Å²) in [6, 6.07) is 5.94. The fourth-order valence-electron chi connectivity index (χ4n) is 1.91. The predicted octanol–water partition coefficient (Wildman–Crippen LogP) is 2.66. The van der Waals surface area contributed by atoms with E-state index in [9.17, 15) is 5.11 Å². The minimum atomic E-state index is -0.0573. The van der Waals surface area contributed by atoms with Gasteiger partial charge in [0.25, 0.3) is 0 Å². The average molecular weight is 311 g/mol. The van der Waals surface area contributed by atoms with E-state index in [2.05, 4.69) is 20.9 Å². The van der Waals surface area contributed by atoms with Gasteiger partial charge in [-0.15, -0.1) is 0 Å². The SMILES string of the molecule is COc1ccc(C)cc1-c1nc(Br)c(CO)n1C. The highest BCUT2D eigenvalue weighted by Crippen LogP contribution is 2.32. The molecule has 0 saturated carbocycles. The maximum Gasteiger partial charge on any atom is 0.145 e. The lowest BCUT2D eigenvalue weighted by Crippen LogP contribution is -2.00. The van der Waals surface area contributed by atoms with Crippen LogP contribution in [0.3, 0.4) is 0 Å². The Morgan fingerprint density at radius 1 is 1.44 bits per heavy atom. The normalized spacial score (nSPS) is 10.7. The third-order valence-corrected chi connectivity index (χ3v) is 3.55. The van der Waals surface area contributed by atoms with E-state index >= 15 is 0 Å². The molecule has 0 aliphatic carbocycles. The van der Waals surface area contributed by atoms with Gasteiger partial charge in [0.1, 0.15) is 16.2 Å². The largest absolute Gasteiger partial charge is 0.496 e. The number of ether oxygens (including phenoxy) is 1. The monoisotopic (exact) mass is 310 g/mol. The Morgan fingerprint density at radius 2 is 2.17 bits per heavy atom. The highest BCUT2D eigenvalue weighted by atomic mass is 79.9. The number of aliphatic hydroxyl groups is 1. The van der Waals surface area contributed by atoms with Crippen LogP contribution in [0.4, 0.5) is 0 Å². The van der Waals surface area contributed by atoms with E-state index in [1.165, 1.54) is 0 Å². The molecule has 0 bridgehead atoms. The number of aromatic nitrogens is 2. The van der Waals surface area contributed by atoms with Gasteiger partial charge in [-0.25, -0.2) is 4.98 Å². The van der Waals surface area contributed by atoms with Gasteiger partial charge < -0.3 is 14.4 Å². The van der Waals surface area contributed by atoms with Gasteiger partial charge >= 0.3 is 0 Å². The Hall–Kier alpha value is -1.33. The summed E-state index contributed by atoms with van der Waals surface area (Å²) in [5.41, 5.74) is 2.80. The average Bonchev–Trinajstić information content (AvgIpc) is 2.64. The van der Waals surface area contributed by atoms with Crippen LogP contribution in [0.5, 0.6) is 5.75 Å². The number of benzene rings is 1. The number of hydrogen-bond acceptors (Lipinski definition) is 3. The summed E-state index contributed by atoms with van der Waals surface area (Å²) in [5, 5.41) is 9.32. The number of methoxy groups -OCH3 is 1. The minimum absolute atomic E-state index is 0.0573. The molecule has 1 aromatic heterocycles. The zero-order chi connectivity index (χ0) is 13.3. The zero-order valence-corrected chi connectivity index (χ0v) is 12.2. The smallest absolute Gasteiger partial charge is 0.145 e. The van der Waals surface area contributed by atoms with Crippen LogP contribution in [0.25, 0.3) is 11.4 Å². The van der Waals surface area contributed by atoms with E-state index in [0.717, 1.165) is 28.4 Å². The minimum Gasteiger partial charge on any atom is -0.496 e. The van der Waals surface area contributed by atoms with Crippen LogP contribution in [-0.4, -0.2) is 21.8 Å². The number of aryl methyl sites for hydroxylation is 1. The van der Waals surface area contributed by atoms with E-state index in [1.807, 2.05) is 36.7 Å². The summed E-state index contributed by atoms with van der Waals surface area (Å²) in [4.78, 5) is 4.44. The number of nitrogens with zero attached hydrogens (tertiary/aromatic N) is 2. The molecule has 0 spiro atoms. The van der Waals surface area contributed by atoms with Gasteiger partial charge in [-0.1, -0.05) is 11.6 Å². The van der Waals surface area contributed by atoms with Crippen LogP contribution in [0.2, 0.25) is 0 Å². The second kappa shape index (κ2) is 5.12. The third kappa shape index (κ3) is 2.15. The molecule has 0 radical (unpaired) electrons. The molecule has 1 aromatic carbocycles. The Kier molecular flexibility index (Phi) is 3.73. The van der Waals surface area contributed by atoms with Crippen molar-refractivity contribution in [1.82, 2.24) is 9.55 Å². The second-order valence-electron chi connectivity index (χ2n) is 4.09. The highest BCUT2D eigenvalue weighted by molar-refractivity contribution is 9.10. The fraction of sp³-hybridized carbons (Fsp3) is 0.308. The topological polar surface area (TPSA) is 47.3 Å². The van der Waals surface area contributed by atoms with Crippen molar-refractivity contribution in [1.29, 1.82) is 0 Å². The van der Waals surface area contributed by atoms with Crippen LogP contribution in [0.1, 0.15) is 11.3 Å².